The molecule has 0 unspecified atom stereocenters. The Bertz CT molecular complexity index is 1280. The van der Waals surface area contributed by atoms with E-state index in [4.69, 9.17) is 4.98 Å². The second-order valence-electron chi connectivity index (χ2n) is 7.48. The number of hydrogen-bond acceptors (Lipinski definition) is 3. The smallest absolute Gasteiger partial charge is 0.256 e. The van der Waals surface area contributed by atoms with Crippen molar-refractivity contribution in [1.82, 2.24) is 14.8 Å². The van der Waals surface area contributed by atoms with Gasteiger partial charge in [-0.3, -0.25) is 4.79 Å². The predicted molar refractivity (Wildman–Crippen MR) is 110 cm³/mol. The molecule has 0 spiro atoms. The Kier molecular flexibility index (Phi) is 4.31. The van der Waals surface area contributed by atoms with Gasteiger partial charge in [0.1, 0.15) is 11.6 Å². The summed E-state index contributed by atoms with van der Waals surface area (Å²) >= 11 is 0. The SMILES string of the molecule is Cc1nn(-c2ccccc2)c2nc(C3CC3)cc(C(=O)Nc3cc(F)ccc3F)c12. The van der Waals surface area contributed by atoms with Crippen molar-refractivity contribution in [2.45, 2.75) is 25.7 Å². The van der Waals surface area contributed by atoms with Crippen LogP contribution < -0.4 is 5.32 Å². The van der Waals surface area contributed by atoms with Crippen LogP contribution in [0.25, 0.3) is 16.7 Å². The number of fused-ring (bicyclic) bond motifs is 1. The lowest BCUT2D eigenvalue weighted by Gasteiger charge is -2.10. The van der Waals surface area contributed by atoms with Gasteiger partial charge in [-0.05, 0) is 50.1 Å². The molecule has 4 aromatic rings. The van der Waals surface area contributed by atoms with Gasteiger partial charge in [-0.15, -0.1) is 0 Å². The van der Waals surface area contributed by atoms with Crippen molar-refractivity contribution in [1.29, 1.82) is 0 Å². The largest absolute Gasteiger partial charge is 0.319 e. The molecule has 1 aliphatic carbocycles. The molecule has 1 aliphatic rings. The van der Waals surface area contributed by atoms with Crippen molar-refractivity contribution in [2.24, 2.45) is 0 Å². The molecule has 2 heterocycles. The maximum absolute atomic E-state index is 14.1. The van der Waals surface area contributed by atoms with Gasteiger partial charge in [0.05, 0.1) is 28.0 Å². The fourth-order valence-electron chi connectivity index (χ4n) is 3.61. The molecule has 1 N–H and O–H groups in total. The molecule has 1 saturated carbocycles. The molecule has 0 bridgehead atoms. The van der Waals surface area contributed by atoms with Crippen molar-refractivity contribution in [2.75, 3.05) is 5.32 Å². The molecule has 1 fully saturated rings. The molecule has 1 amide bonds. The van der Waals surface area contributed by atoms with Gasteiger partial charge < -0.3 is 5.32 Å². The van der Waals surface area contributed by atoms with E-state index in [2.05, 4.69) is 10.4 Å². The summed E-state index contributed by atoms with van der Waals surface area (Å²) in [7, 11) is 0. The fraction of sp³-hybridized carbons (Fsp3) is 0.174. The molecule has 7 heteroatoms. The van der Waals surface area contributed by atoms with Crippen molar-refractivity contribution in [3.8, 4) is 5.69 Å². The molecule has 2 aromatic heterocycles. The van der Waals surface area contributed by atoms with Gasteiger partial charge in [-0.2, -0.15) is 5.10 Å². The number of nitrogens with one attached hydrogen (secondary N) is 1. The van der Waals surface area contributed by atoms with Crippen LogP contribution >= 0.6 is 0 Å². The van der Waals surface area contributed by atoms with Gasteiger partial charge in [-0.1, -0.05) is 18.2 Å². The molecule has 30 heavy (non-hydrogen) atoms. The van der Waals surface area contributed by atoms with Gasteiger partial charge in [-0.25, -0.2) is 18.4 Å². The normalized spacial score (nSPS) is 13.6. The Hall–Kier alpha value is -3.61. The van der Waals surface area contributed by atoms with Crippen molar-refractivity contribution < 1.29 is 13.6 Å². The Balaban J connectivity index is 1.66. The van der Waals surface area contributed by atoms with E-state index in [1.807, 2.05) is 30.3 Å². The molecule has 5 rings (SSSR count). The lowest BCUT2D eigenvalue weighted by Crippen LogP contribution is -2.15. The van der Waals surface area contributed by atoms with Crippen LogP contribution in [0.3, 0.4) is 0 Å². The molecule has 150 valence electrons. The highest BCUT2D eigenvalue weighted by Gasteiger charge is 2.29. The summed E-state index contributed by atoms with van der Waals surface area (Å²) in [6.07, 6.45) is 2.02. The average Bonchev–Trinajstić information content (AvgIpc) is 3.54. The number of para-hydroxylation sites is 1. The van der Waals surface area contributed by atoms with Crippen LogP contribution in [-0.4, -0.2) is 20.7 Å². The van der Waals surface area contributed by atoms with E-state index in [0.717, 1.165) is 42.4 Å². The highest BCUT2D eigenvalue weighted by molar-refractivity contribution is 6.13. The minimum Gasteiger partial charge on any atom is -0.319 e. The van der Waals surface area contributed by atoms with Crippen molar-refractivity contribution >= 4 is 22.6 Å². The van der Waals surface area contributed by atoms with E-state index in [1.54, 1.807) is 17.7 Å². The summed E-state index contributed by atoms with van der Waals surface area (Å²) in [6, 6.07) is 14.3. The zero-order valence-electron chi connectivity index (χ0n) is 16.2. The third-order valence-electron chi connectivity index (χ3n) is 5.25. The molecule has 2 aromatic carbocycles. The maximum Gasteiger partial charge on any atom is 0.256 e. The molecule has 5 nitrogen and oxygen atoms in total. The van der Waals surface area contributed by atoms with Crippen LogP contribution in [0.15, 0.2) is 54.6 Å². The second kappa shape index (κ2) is 7.02. The zero-order chi connectivity index (χ0) is 20.8. The second-order valence-corrected chi connectivity index (χ2v) is 7.48. The number of nitrogens with zero attached hydrogens (tertiary/aromatic N) is 3. The van der Waals surface area contributed by atoms with Crippen LogP contribution in [0.5, 0.6) is 0 Å². The lowest BCUT2D eigenvalue weighted by atomic mass is 10.1. The van der Waals surface area contributed by atoms with E-state index in [0.29, 0.717) is 28.2 Å². The van der Waals surface area contributed by atoms with Gasteiger partial charge in [0.25, 0.3) is 5.91 Å². The number of pyridine rings is 1. The summed E-state index contributed by atoms with van der Waals surface area (Å²) in [5, 5.41) is 7.70. The summed E-state index contributed by atoms with van der Waals surface area (Å²) < 4.78 is 29.3. The lowest BCUT2D eigenvalue weighted by molar-refractivity contribution is 0.102. The van der Waals surface area contributed by atoms with E-state index in [1.165, 1.54) is 0 Å². The van der Waals surface area contributed by atoms with E-state index in [-0.39, 0.29) is 5.69 Å². The van der Waals surface area contributed by atoms with Crippen molar-refractivity contribution in [3.63, 3.8) is 0 Å². The topological polar surface area (TPSA) is 59.8 Å². The van der Waals surface area contributed by atoms with Crippen LogP contribution in [0.4, 0.5) is 14.5 Å². The van der Waals surface area contributed by atoms with Crippen molar-refractivity contribution in [3.05, 3.63) is 83.2 Å². The number of anilines is 1. The first-order valence-corrected chi connectivity index (χ1v) is 9.73. The van der Waals surface area contributed by atoms with Gasteiger partial charge in [0.15, 0.2) is 5.65 Å². The molecule has 0 radical (unpaired) electrons. The first-order chi connectivity index (χ1) is 14.5. The maximum atomic E-state index is 14.1. The Morgan fingerprint density at radius 2 is 1.87 bits per heavy atom. The number of carbonyl (C=O) groups excluding carboxylic acids is 1. The number of amides is 1. The minimum absolute atomic E-state index is 0.203. The quantitative estimate of drug-likeness (QED) is 0.513. The number of aromatic nitrogens is 3. The predicted octanol–water partition coefficient (Wildman–Crippen LogP) is 5.14. The number of benzene rings is 2. The first kappa shape index (κ1) is 18.4. The Morgan fingerprint density at radius 3 is 2.60 bits per heavy atom. The standard InChI is InChI=1S/C23H18F2N4O/c1-13-21-17(23(30)27-20-11-15(24)9-10-18(20)25)12-19(14-7-8-14)26-22(21)29(28-13)16-5-3-2-4-6-16/h2-6,9-12,14H,7-8H2,1H3,(H,27,30). The van der Waals surface area contributed by atoms with Gasteiger partial charge in [0, 0.05) is 17.7 Å². The number of halogens is 2. The number of rotatable bonds is 4. The summed E-state index contributed by atoms with van der Waals surface area (Å²) in [5.41, 5.74) is 3.00. The van der Waals surface area contributed by atoms with E-state index < -0.39 is 17.5 Å². The Labute approximate surface area is 171 Å². The number of hydrogen-bond donors (Lipinski definition) is 1. The monoisotopic (exact) mass is 404 g/mol. The van der Waals surface area contributed by atoms with Crippen LogP contribution in [-0.2, 0) is 0 Å². The summed E-state index contributed by atoms with van der Waals surface area (Å²) in [6.45, 7) is 1.81. The van der Waals surface area contributed by atoms with Crippen LogP contribution in [0.1, 0.15) is 40.5 Å². The van der Waals surface area contributed by atoms with Gasteiger partial charge >= 0.3 is 0 Å². The average molecular weight is 404 g/mol. The Morgan fingerprint density at radius 1 is 1.10 bits per heavy atom. The number of carbonyl (C=O) groups is 1. The van der Waals surface area contributed by atoms with Crippen LogP contribution in [0.2, 0.25) is 0 Å². The fourth-order valence-corrected chi connectivity index (χ4v) is 3.61. The first-order valence-electron chi connectivity index (χ1n) is 9.73. The summed E-state index contributed by atoms with van der Waals surface area (Å²) in [4.78, 5) is 17.9. The summed E-state index contributed by atoms with van der Waals surface area (Å²) in [5.74, 6) is -1.55. The number of aryl methyl sites for hydroxylation is 1. The molecular weight excluding hydrogens is 386 g/mol. The third kappa shape index (κ3) is 3.22. The highest BCUT2D eigenvalue weighted by atomic mass is 19.1. The van der Waals surface area contributed by atoms with Crippen LogP contribution in [0, 0.1) is 18.6 Å². The molecule has 0 saturated heterocycles. The third-order valence-corrected chi connectivity index (χ3v) is 5.25. The zero-order valence-corrected chi connectivity index (χ0v) is 16.2. The molecule has 0 aliphatic heterocycles. The van der Waals surface area contributed by atoms with E-state index in [9.17, 15) is 13.6 Å². The molecular formula is C23H18F2N4O. The van der Waals surface area contributed by atoms with Gasteiger partial charge in [0.2, 0.25) is 0 Å². The molecule has 0 atom stereocenters. The highest BCUT2D eigenvalue weighted by Crippen LogP contribution is 2.40. The minimum atomic E-state index is -0.700. The van der Waals surface area contributed by atoms with E-state index >= 15 is 0 Å².